The Morgan fingerprint density at radius 2 is 1.91 bits per heavy atom. The number of benzene rings is 1. The van der Waals surface area contributed by atoms with Gasteiger partial charge in [0.05, 0.1) is 19.8 Å². The van der Waals surface area contributed by atoms with E-state index in [-0.39, 0.29) is 6.42 Å². The first-order valence-corrected chi connectivity index (χ1v) is 6.47. The SMILES string of the molecule is COC(=O)/C=C/C[C@@H](NC(=O)c1ccc(F)cc1F)C(=O)OC. The summed E-state index contributed by atoms with van der Waals surface area (Å²) in [5.41, 5.74) is -0.419. The van der Waals surface area contributed by atoms with E-state index in [1.165, 1.54) is 13.2 Å². The average Bonchev–Trinajstić information content (AvgIpc) is 2.52. The lowest BCUT2D eigenvalue weighted by Gasteiger charge is -2.15. The number of carbonyl (C=O) groups is 3. The van der Waals surface area contributed by atoms with Crippen LogP contribution in [0.2, 0.25) is 0 Å². The van der Waals surface area contributed by atoms with Gasteiger partial charge < -0.3 is 14.8 Å². The highest BCUT2D eigenvalue weighted by molar-refractivity contribution is 5.97. The molecule has 1 aromatic rings. The van der Waals surface area contributed by atoms with Crippen molar-refractivity contribution in [3.05, 3.63) is 47.5 Å². The molecule has 0 aliphatic carbocycles. The van der Waals surface area contributed by atoms with Gasteiger partial charge in [0.15, 0.2) is 0 Å². The average molecular weight is 327 g/mol. The Morgan fingerprint density at radius 3 is 2.48 bits per heavy atom. The molecule has 6 nitrogen and oxygen atoms in total. The largest absolute Gasteiger partial charge is 0.467 e. The Morgan fingerprint density at radius 1 is 1.22 bits per heavy atom. The summed E-state index contributed by atoms with van der Waals surface area (Å²) in [7, 11) is 2.30. The van der Waals surface area contributed by atoms with Gasteiger partial charge in [-0.3, -0.25) is 4.79 Å². The summed E-state index contributed by atoms with van der Waals surface area (Å²) in [6.07, 6.45) is 2.30. The third-order valence-corrected chi connectivity index (χ3v) is 2.79. The molecular formula is C15H15F2NO5. The summed E-state index contributed by atoms with van der Waals surface area (Å²) >= 11 is 0. The summed E-state index contributed by atoms with van der Waals surface area (Å²) in [4.78, 5) is 34.5. The minimum atomic E-state index is -1.14. The number of halogens is 2. The van der Waals surface area contributed by atoms with Crippen LogP contribution in [0.25, 0.3) is 0 Å². The van der Waals surface area contributed by atoms with Crippen LogP contribution < -0.4 is 5.32 Å². The van der Waals surface area contributed by atoms with Crippen molar-refractivity contribution in [2.75, 3.05) is 14.2 Å². The maximum Gasteiger partial charge on any atom is 0.330 e. The van der Waals surface area contributed by atoms with Crippen LogP contribution >= 0.6 is 0 Å². The van der Waals surface area contributed by atoms with Gasteiger partial charge in [-0.25, -0.2) is 18.4 Å². The molecule has 1 rings (SSSR count). The highest BCUT2D eigenvalue weighted by Gasteiger charge is 2.22. The Balaban J connectivity index is 2.84. The molecule has 0 bridgehead atoms. The molecule has 23 heavy (non-hydrogen) atoms. The second-order valence-electron chi connectivity index (χ2n) is 4.33. The van der Waals surface area contributed by atoms with Crippen LogP contribution in [-0.2, 0) is 19.1 Å². The molecule has 8 heteroatoms. The number of nitrogens with one attached hydrogen (secondary N) is 1. The lowest BCUT2D eigenvalue weighted by Crippen LogP contribution is -2.41. The van der Waals surface area contributed by atoms with Crippen LogP contribution in [0.3, 0.4) is 0 Å². The molecule has 1 N–H and O–H groups in total. The van der Waals surface area contributed by atoms with Crippen molar-refractivity contribution in [1.29, 1.82) is 0 Å². The Hall–Kier alpha value is -2.77. The zero-order chi connectivity index (χ0) is 17.4. The molecule has 1 atom stereocenters. The third kappa shape index (κ3) is 5.50. The van der Waals surface area contributed by atoms with Crippen LogP contribution in [0.4, 0.5) is 8.78 Å². The number of rotatable bonds is 6. The quantitative estimate of drug-likeness (QED) is 0.630. The molecule has 0 aromatic heterocycles. The fourth-order valence-electron chi connectivity index (χ4n) is 1.63. The number of amides is 1. The maximum atomic E-state index is 13.5. The second-order valence-corrected chi connectivity index (χ2v) is 4.33. The topological polar surface area (TPSA) is 81.7 Å². The van der Waals surface area contributed by atoms with Crippen molar-refractivity contribution in [2.24, 2.45) is 0 Å². The predicted octanol–water partition coefficient (Wildman–Crippen LogP) is 1.36. The van der Waals surface area contributed by atoms with E-state index in [1.807, 2.05) is 0 Å². The van der Waals surface area contributed by atoms with Crippen molar-refractivity contribution in [2.45, 2.75) is 12.5 Å². The van der Waals surface area contributed by atoms with E-state index < -0.39 is 41.1 Å². The standard InChI is InChI=1S/C15H15F2NO5/c1-22-13(19)5-3-4-12(15(21)23-2)18-14(20)10-7-6-9(16)8-11(10)17/h3,5-8,12H,4H2,1-2H3,(H,18,20)/b5-3+/t12-/m1/s1. The molecule has 0 heterocycles. The summed E-state index contributed by atoms with van der Waals surface area (Å²) in [6, 6.07) is 1.29. The fraction of sp³-hybridized carbons (Fsp3) is 0.267. The van der Waals surface area contributed by atoms with Gasteiger partial charge in [0, 0.05) is 12.1 Å². The zero-order valence-corrected chi connectivity index (χ0v) is 12.5. The first-order chi connectivity index (χ1) is 10.9. The summed E-state index contributed by atoms with van der Waals surface area (Å²) < 4.78 is 35.3. The number of carbonyl (C=O) groups excluding carboxylic acids is 3. The van der Waals surface area contributed by atoms with E-state index in [1.54, 1.807) is 0 Å². The fourth-order valence-corrected chi connectivity index (χ4v) is 1.63. The van der Waals surface area contributed by atoms with E-state index in [0.29, 0.717) is 6.07 Å². The molecular weight excluding hydrogens is 312 g/mol. The summed E-state index contributed by atoms with van der Waals surface area (Å²) in [6.45, 7) is 0. The van der Waals surface area contributed by atoms with Crippen molar-refractivity contribution in [1.82, 2.24) is 5.32 Å². The maximum absolute atomic E-state index is 13.5. The van der Waals surface area contributed by atoms with Crippen molar-refractivity contribution < 1.29 is 32.6 Å². The van der Waals surface area contributed by atoms with Gasteiger partial charge in [0.1, 0.15) is 17.7 Å². The Labute approximate surface area is 131 Å². The van der Waals surface area contributed by atoms with Gasteiger partial charge in [-0.05, 0) is 18.6 Å². The second kappa shape index (κ2) is 8.62. The molecule has 0 saturated carbocycles. The number of hydrogen-bond acceptors (Lipinski definition) is 5. The molecule has 0 aliphatic heterocycles. The van der Waals surface area contributed by atoms with Crippen LogP contribution in [0, 0.1) is 11.6 Å². The van der Waals surface area contributed by atoms with Gasteiger partial charge in [0.2, 0.25) is 0 Å². The van der Waals surface area contributed by atoms with Crippen LogP contribution in [0.5, 0.6) is 0 Å². The van der Waals surface area contributed by atoms with Gasteiger partial charge in [-0.15, -0.1) is 0 Å². The Bertz CT molecular complexity index is 630. The smallest absolute Gasteiger partial charge is 0.330 e. The van der Waals surface area contributed by atoms with Gasteiger partial charge >= 0.3 is 11.9 Å². The van der Waals surface area contributed by atoms with Gasteiger partial charge in [-0.1, -0.05) is 6.08 Å². The number of methoxy groups -OCH3 is 2. The molecule has 1 aromatic carbocycles. The van der Waals surface area contributed by atoms with Crippen LogP contribution in [0.1, 0.15) is 16.8 Å². The van der Waals surface area contributed by atoms with Crippen LogP contribution in [-0.4, -0.2) is 38.1 Å². The summed E-state index contributed by atoms with van der Waals surface area (Å²) in [5, 5.41) is 2.26. The predicted molar refractivity (Wildman–Crippen MR) is 75.4 cm³/mol. The minimum absolute atomic E-state index is 0.0731. The molecule has 0 fully saturated rings. The van der Waals surface area contributed by atoms with Crippen molar-refractivity contribution in [3.8, 4) is 0 Å². The lowest BCUT2D eigenvalue weighted by atomic mass is 10.1. The number of ether oxygens (including phenoxy) is 2. The summed E-state index contributed by atoms with van der Waals surface area (Å²) in [5.74, 6) is -4.22. The third-order valence-electron chi connectivity index (χ3n) is 2.79. The highest BCUT2D eigenvalue weighted by Crippen LogP contribution is 2.10. The number of hydrogen-bond donors (Lipinski definition) is 1. The van der Waals surface area contributed by atoms with E-state index in [4.69, 9.17) is 0 Å². The van der Waals surface area contributed by atoms with E-state index >= 15 is 0 Å². The van der Waals surface area contributed by atoms with E-state index in [9.17, 15) is 23.2 Å². The zero-order valence-electron chi connectivity index (χ0n) is 12.5. The first-order valence-electron chi connectivity index (χ1n) is 6.47. The molecule has 124 valence electrons. The van der Waals surface area contributed by atoms with Crippen molar-refractivity contribution in [3.63, 3.8) is 0 Å². The molecule has 0 radical (unpaired) electrons. The first kappa shape index (κ1) is 18.3. The minimum Gasteiger partial charge on any atom is -0.467 e. The van der Waals surface area contributed by atoms with Gasteiger partial charge in [-0.2, -0.15) is 0 Å². The van der Waals surface area contributed by atoms with Crippen LogP contribution in [0.15, 0.2) is 30.4 Å². The van der Waals surface area contributed by atoms with Crippen molar-refractivity contribution >= 4 is 17.8 Å². The lowest BCUT2D eigenvalue weighted by molar-refractivity contribution is -0.143. The Kier molecular flexibility index (Phi) is 6.85. The molecule has 0 aliphatic rings. The van der Waals surface area contributed by atoms with Gasteiger partial charge in [0.25, 0.3) is 5.91 Å². The normalized spacial score (nSPS) is 11.8. The number of esters is 2. The molecule has 0 spiro atoms. The monoisotopic (exact) mass is 327 g/mol. The molecule has 0 unspecified atom stereocenters. The highest BCUT2D eigenvalue weighted by atomic mass is 19.1. The molecule has 1 amide bonds. The molecule has 0 saturated heterocycles. The van der Waals surface area contributed by atoms with E-state index in [2.05, 4.69) is 14.8 Å². The van der Waals surface area contributed by atoms with E-state index in [0.717, 1.165) is 25.3 Å².